The van der Waals surface area contributed by atoms with E-state index >= 15 is 0 Å². The maximum Gasteiger partial charge on any atom is 0.167 e. The molecule has 12 aromatic rings. The zero-order valence-electron chi connectivity index (χ0n) is 30.3. The lowest BCUT2D eigenvalue weighted by Gasteiger charge is -2.10. The number of aromatic nitrogens is 3. The number of rotatable bonds is 5. The van der Waals surface area contributed by atoms with E-state index < -0.39 is 0 Å². The molecule has 0 saturated carbocycles. The third-order valence-electron chi connectivity index (χ3n) is 10.9. The molecule has 0 unspecified atom stereocenters. The molecule has 4 aromatic heterocycles. The molecule has 57 heavy (non-hydrogen) atoms. The summed E-state index contributed by atoms with van der Waals surface area (Å²) in [6.45, 7) is 0. The highest BCUT2D eigenvalue weighted by molar-refractivity contribution is 7.26. The van der Waals surface area contributed by atoms with Crippen molar-refractivity contribution in [3.8, 4) is 56.4 Å². The number of thiophene rings is 2. The van der Waals surface area contributed by atoms with Crippen LogP contribution in [0.2, 0.25) is 0 Å². The smallest absolute Gasteiger partial charge is 0.167 e. The average Bonchev–Trinajstić information content (AvgIpc) is 3.97. The van der Waals surface area contributed by atoms with Gasteiger partial charge in [0.05, 0.1) is 5.56 Å². The van der Waals surface area contributed by atoms with Crippen molar-refractivity contribution in [2.45, 2.75) is 0 Å². The molecule has 6 heteroatoms. The first-order valence-corrected chi connectivity index (χ1v) is 20.6. The Balaban J connectivity index is 1.04. The Morgan fingerprint density at radius 1 is 0.333 bits per heavy atom. The molecule has 4 nitrogen and oxygen atoms in total. The van der Waals surface area contributed by atoms with Crippen LogP contribution in [0.1, 0.15) is 0 Å². The minimum atomic E-state index is 0.572. The number of furan rings is 1. The van der Waals surface area contributed by atoms with Crippen LogP contribution in [0.15, 0.2) is 180 Å². The van der Waals surface area contributed by atoms with Gasteiger partial charge in [0, 0.05) is 67.8 Å². The van der Waals surface area contributed by atoms with Crippen LogP contribution in [0.5, 0.6) is 0 Å². The largest absolute Gasteiger partial charge is 0.455 e. The van der Waals surface area contributed by atoms with Crippen LogP contribution in [0.3, 0.4) is 0 Å². The highest BCUT2D eigenvalue weighted by atomic mass is 32.1. The molecule has 0 saturated heterocycles. The topological polar surface area (TPSA) is 51.8 Å². The van der Waals surface area contributed by atoms with E-state index in [-0.39, 0.29) is 0 Å². The Bertz CT molecular complexity index is 3470. The van der Waals surface area contributed by atoms with Gasteiger partial charge in [-0.15, -0.1) is 22.7 Å². The summed E-state index contributed by atoms with van der Waals surface area (Å²) in [5.41, 5.74) is 8.97. The van der Waals surface area contributed by atoms with Gasteiger partial charge < -0.3 is 4.42 Å². The Morgan fingerprint density at radius 3 is 1.68 bits per heavy atom. The molecule has 0 atom stereocenters. The third-order valence-corrected chi connectivity index (χ3v) is 13.3. The van der Waals surface area contributed by atoms with Gasteiger partial charge in [-0.3, -0.25) is 0 Å². The Morgan fingerprint density at radius 2 is 0.930 bits per heavy atom. The van der Waals surface area contributed by atoms with Crippen molar-refractivity contribution in [1.29, 1.82) is 0 Å². The van der Waals surface area contributed by atoms with Gasteiger partial charge in [0.25, 0.3) is 0 Å². The molecule has 0 radical (unpaired) electrons. The van der Waals surface area contributed by atoms with E-state index in [1.165, 1.54) is 57.0 Å². The van der Waals surface area contributed by atoms with Gasteiger partial charge in [-0.25, -0.2) is 15.0 Å². The lowest BCUT2D eigenvalue weighted by molar-refractivity contribution is 0.669. The third kappa shape index (κ3) is 5.30. The molecule has 0 fully saturated rings. The summed E-state index contributed by atoms with van der Waals surface area (Å²) in [7, 11) is 0. The maximum atomic E-state index is 6.86. The molecule has 0 N–H and O–H groups in total. The van der Waals surface area contributed by atoms with Gasteiger partial charge in [-0.2, -0.15) is 0 Å². The Labute approximate surface area is 335 Å². The standard InChI is InChI=1S/C51H29N3OS2/c1-3-12-30(13-4-1)49-52-50(31-14-5-2-6-15-31)54-51(53-49)39-19-11-18-38-35-24-22-33(29-43(35)55-47(38)39)40-27-34(28-42-37-17-8-10-21-45(37)57-48(40)42)32-23-25-46-41(26-32)36-16-7-9-20-44(36)56-46/h1-29H. The molecule has 0 aliphatic carbocycles. The number of para-hydroxylation sites is 1. The summed E-state index contributed by atoms with van der Waals surface area (Å²) in [5, 5.41) is 7.22. The first kappa shape index (κ1) is 32.3. The molecule has 266 valence electrons. The first-order valence-electron chi connectivity index (χ1n) is 18.9. The molecular formula is C51H29N3OS2. The van der Waals surface area contributed by atoms with Gasteiger partial charge in [0.2, 0.25) is 0 Å². The lowest BCUT2D eigenvalue weighted by Crippen LogP contribution is -2.00. The van der Waals surface area contributed by atoms with Crippen molar-refractivity contribution in [1.82, 2.24) is 15.0 Å². The lowest BCUT2D eigenvalue weighted by atomic mass is 9.95. The number of benzene rings is 8. The van der Waals surface area contributed by atoms with Crippen molar-refractivity contribution < 1.29 is 4.42 Å². The highest BCUT2D eigenvalue weighted by Crippen LogP contribution is 2.45. The van der Waals surface area contributed by atoms with Crippen LogP contribution < -0.4 is 0 Å². The second-order valence-electron chi connectivity index (χ2n) is 14.3. The molecule has 0 amide bonds. The van der Waals surface area contributed by atoms with E-state index in [1.807, 2.05) is 89.4 Å². The van der Waals surface area contributed by atoms with Crippen molar-refractivity contribution in [3.05, 3.63) is 176 Å². The van der Waals surface area contributed by atoms with Crippen molar-refractivity contribution >= 4 is 85.0 Å². The predicted molar refractivity (Wildman–Crippen MR) is 240 cm³/mol. The van der Waals surface area contributed by atoms with Crippen LogP contribution in [0.4, 0.5) is 0 Å². The van der Waals surface area contributed by atoms with Crippen LogP contribution in [0, 0.1) is 0 Å². The van der Waals surface area contributed by atoms with E-state index in [9.17, 15) is 0 Å². The fourth-order valence-corrected chi connectivity index (χ4v) is 10.5. The fourth-order valence-electron chi connectivity index (χ4n) is 8.18. The van der Waals surface area contributed by atoms with E-state index in [0.29, 0.717) is 17.5 Å². The zero-order chi connectivity index (χ0) is 37.5. The number of hydrogen-bond acceptors (Lipinski definition) is 6. The molecule has 0 spiro atoms. The summed E-state index contributed by atoms with van der Waals surface area (Å²) in [5.74, 6) is 1.81. The fraction of sp³-hybridized carbons (Fsp3) is 0. The predicted octanol–water partition coefficient (Wildman–Crippen LogP) is 14.8. The molecular weight excluding hydrogens is 735 g/mol. The van der Waals surface area contributed by atoms with Crippen LogP contribution >= 0.6 is 22.7 Å². The van der Waals surface area contributed by atoms with Crippen LogP contribution in [-0.2, 0) is 0 Å². The van der Waals surface area contributed by atoms with E-state index in [4.69, 9.17) is 19.4 Å². The molecule has 8 aromatic carbocycles. The van der Waals surface area contributed by atoms with Gasteiger partial charge in [-0.1, -0.05) is 121 Å². The number of hydrogen-bond donors (Lipinski definition) is 0. The van der Waals surface area contributed by atoms with Gasteiger partial charge >= 0.3 is 0 Å². The number of nitrogens with zero attached hydrogens (tertiary/aromatic N) is 3. The van der Waals surface area contributed by atoms with E-state index in [1.54, 1.807) is 0 Å². The van der Waals surface area contributed by atoms with Gasteiger partial charge in [-0.05, 0) is 71.3 Å². The molecule has 0 aliphatic heterocycles. The van der Waals surface area contributed by atoms with Crippen molar-refractivity contribution in [2.24, 2.45) is 0 Å². The van der Waals surface area contributed by atoms with Crippen LogP contribution in [0.25, 0.3) is 119 Å². The quantitative estimate of drug-likeness (QED) is 0.175. The first-order chi connectivity index (χ1) is 28.2. The van der Waals surface area contributed by atoms with E-state index in [2.05, 4.69) is 109 Å². The number of fused-ring (bicyclic) bond motifs is 9. The Kier molecular flexibility index (Phi) is 7.24. The molecule has 12 rings (SSSR count). The van der Waals surface area contributed by atoms with E-state index in [0.717, 1.165) is 44.2 Å². The molecule has 0 aliphatic rings. The summed E-state index contributed by atoms with van der Waals surface area (Å²) in [6.07, 6.45) is 0. The average molecular weight is 764 g/mol. The minimum absolute atomic E-state index is 0.572. The monoisotopic (exact) mass is 763 g/mol. The van der Waals surface area contributed by atoms with Crippen LogP contribution in [-0.4, -0.2) is 15.0 Å². The minimum Gasteiger partial charge on any atom is -0.455 e. The second-order valence-corrected chi connectivity index (χ2v) is 16.5. The summed E-state index contributed by atoms with van der Waals surface area (Å²) >= 11 is 3.70. The van der Waals surface area contributed by atoms with Crippen molar-refractivity contribution in [3.63, 3.8) is 0 Å². The SMILES string of the molecule is c1ccc(-c2nc(-c3ccccc3)nc(-c3cccc4c3oc3cc(-c5cc(-c6ccc7sc8ccccc8c7c6)cc6c5sc5ccccc56)ccc34)n2)cc1. The van der Waals surface area contributed by atoms with Gasteiger partial charge in [0.15, 0.2) is 17.5 Å². The normalized spacial score (nSPS) is 11.9. The molecule has 0 bridgehead atoms. The van der Waals surface area contributed by atoms with Gasteiger partial charge in [0.1, 0.15) is 11.2 Å². The highest BCUT2D eigenvalue weighted by Gasteiger charge is 2.20. The van der Waals surface area contributed by atoms with Crippen molar-refractivity contribution in [2.75, 3.05) is 0 Å². The summed E-state index contributed by atoms with van der Waals surface area (Å²) < 4.78 is 12.0. The summed E-state index contributed by atoms with van der Waals surface area (Å²) in [6, 6.07) is 62.1. The summed E-state index contributed by atoms with van der Waals surface area (Å²) in [4.78, 5) is 15.0. The second kappa shape index (κ2) is 12.8. The maximum absolute atomic E-state index is 6.86. The molecule has 4 heterocycles. The Hall–Kier alpha value is -6.99. The zero-order valence-corrected chi connectivity index (χ0v) is 31.9.